The lowest BCUT2D eigenvalue weighted by molar-refractivity contribution is 1.57. The average molecular weight is 119 g/mol. The van der Waals surface area contributed by atoms with Crippen LogP contribution >= 0.6 is 23.1 Å². The second-order valence-electron chi connectivity index (χ2n) is 0.750. The van der Waals surface area contributed by atoms with Gasteiger partial charge in [-0.05, 0) is 11.5 Å². The van der Waals surface area contributed by atoms with E-state index < -0.39 is 0 Å². The van der Waals surface area contributed by atoms with Crippen molar-refractivity contribution in [2.45, 2.75) is 0 Å². The Bertz CT molecular complexity index is 114. The van der Waals surface area contributed by atoms with Crippen molar-refractivity contribution in [1.82, 2.24) is 4.37 Å². The maximum absolute atomic E-state index is 5.30. The van der Waals surface area contributed by atoms with E-state index in [1.807, 2.05) is 0 Å². The molecule has 0 saturated carbocycles. The number of nitrogens with zero attached hydrogens (tertiary/aromatic N) is 1. The van der Waals surface area contributed by atoms with Crippen molar-refractivity contribution >= 4 is 23.1 Å². The van der Waals surface area contributed by atoms with Crippen molar-refractivity contribution in [3.63, 3.8) is 0 Å². The summed E-state index contributed by atoms with van der Waals surface area (Å²) in [4.78, 5) is 0. The minimum absolute atomic E-state index is 0.458. The zero-order valence-electron chi connectivity index (χ0n) is 2.81. The molecule has 0 unspecified atom stereocenters. The SMILES string of the molecule is Clc1[c]csn1. The summed E-state index contributed by atoms with van der Waals surface area (Å²) < 4.78 is 3.67. The van der Waals surface area contributed by atoms with Gasteiger partial charge in [-0.2, -0.15) is 4.37 Å². The largest absolute Gasteiger partial charge is 0.180 e. The smallest absolute Gasteiger partial charge is 0.150 e. The first-order valence-electron chi connectivity index (χ1n) is 1.37. The van der Waals surface area contributed by atoms with Gasteiger partial charge in [-0.15, -0.1) is 0 Å². The first kappa shape index (κ1) is 4.09. The number of aromatic nitrogens is 1. The van der Waals surface area contributed by atoms with Gasteiger partial charge in [0.15, 0.2) is 5.15 Å². The summed E-state index contributed by atoms with van der Waals surface area (Å²) in [5.74, 6) is 0. The molecular weight excluding hydrogens is 118 g/mol. The van der Waals surface area contributed by atoms with Gasteiger partial charge in [-0.3, -0.25) is 0 Å². The molecular formula is C3HClNS. The maximum Gasteiger partial charge on any atom is 0.150 e. The maximum atomic E-state index is 5.30. The van der Waals surface area contributed by atoms with Crippen LogP contribution in [0.25, 0.3) is 0 Å². The summed E-state index contributed by atoms with van der Waals surface area (Å²) in [5, 5.41) is 2.17. The molecule has 0 aliphatic carbocycles. The lowest BCUT2D eigenvalue weighted by Gasteiger charge is -1.59. The molecule has 0 aliphatic heterocycles. The Morgan fingerprint density at radius 2 is 2.83 bits per heavy atom. The minimum Gasteiger partial charge on any atom is -0.180 e. The van der Waals surface area contributed by atoms with Crippen LogP contribution in [-0.4, -0.2) is 4.37 Å². The molecule has 0 N–H and O–H groups in total. The van der Waals surface area contributed by atoms with Gasteiger partial charge in [0.2, 0.25) is 0 Å². The second-order valence-corrected chi connectivity index (χ2v) is 1.74. The van der Waals surface area contributed by atoms with Gasteiger partial charge in [0.1, 0.15) is 0 Å². The van der Waals surface area contributed by atoms with Crippen molar-refractivity contribution in [3.05, 3.63) is 16.6 Å². The van der Waals surface area contributed by atoms with Crippen molar-refractivity contribution in [1.29, 1.82) is 0 Å². The fourth-order valence-electron chi connectivity index (χ4n) is 0.174. The number of hydrogen-bond acceptors (Lipinski definition) is 2. The van der Waals surface area contributed by atoms with Crippen LogP contribution in [0.4, 0.5) is 0 Å². The van der Waals surface area contributed by atoms with E-state index in [4.69, 9.17) is 11.6 Å². The van der Waals surface area contributed by atoms with Crippen molar-refractivity contribution in [2.75, 3.05) is 0 Å². The third-order valence-corrected chi connectivity index (χ3v) is 1.17. The summed E-state index contributed by atoms with van der Waals surface area (Å²) in [6.07, 6.45) is 0. The van der Waals surface area contributed by atoms with Crippen LogP contribution in [-0.2, 0) is 0 Å². The first-order chi connectivity index (χ1) is 2.89. The molecule has 1 rings (SSSR count). The molecule has 0 fully saturated rings. The highest BCUT2D eigenvalue weighted by atomic mass is 35.5. The van der Waals surface area contributed by atoms with E-state index in [1.54, 1.807) is 5.38 Å². The fourth-order valence-corrected chi connectivity index (χ4v) is 0.775. The molecule has 1 aromatic heterocycles. The Morgan fingerprint density at radius 3 is 3.00 bits per heavy atom. The summed E-state index contributed by atoms with van der Waals surface area (Å²) in [6.45, 7) is 0. The van der Waals surface area contributed by atoms with E-state index in [-0.39, 0.29) is 0 Å². The van der Waals surface area contributed by atoms with E-state index in [0.717, 1.165) is 0 Å². The van der Waals surface area contributed by atoms with E-state index in [1.165, 1.54) is 11.5 Å². The molecule has 31 valence electrons. The van der Waals surface area contributed by atoms with Crippen LogP contribution < -0.4 is 0 Å². The van der Waals surface area contributed by atoms with Crippen molar-refractivity contribution < 1.29 is 0 Å². The zero-order valence-corrected chi connectivity index (χ0v) is 4.38. The Balaban J connectivity index is 3.05. The lowest BCUT2D eigenvalue weighted by atomic mass is 10.8. The standard InChI is InChI=1S/C3HClNS/c4-3-1-2-6-5-3/h2H. The van der Waals surface area contributed by atoms with Gasteiger partial charge in [0.05, 0.1) is 0 Å². The summed E-state index contributed by atoms with van der Waals surface area (Å²) in [7, 11) is 0. The molecule has 0 bridgehead atoms. The molecule has 1 heterocycles. The van der Waals surface area contributed by atoms with Gasteiger partial charge in [-0.25, -0.2) is 0 Å². The zero-order chi connectivity index (χ0) is 4.41. The van der Waals surface area contributed by atoms with E-state index in [0.29, 0.717) is 5.15 Å². The molecule has 3 heteroatoms. The van der Waals surface area contributed by atoms with E-state index in [9.17, 15) is 0 Å². The molecule has 6 heavy (non-hydrogen) atoms. The fraction of sp³-hybridized carbons (Fsp3) is 0. The van der Waals surface area contributed by atoms with Gasteiger partial charge in [0, 0.05) is 11.4 Å². The molecule has 1 radical (unpaired) electrons. The molecule has 1 aromatic rings. The monoisotopic (exact) mass is 118 g/mol. The molecule has 0 aliphatic rings. The number of halogens is 1. The third kappa shape index (κ3) is 0.698. The lowest BCUT2D eigenvalue weighted by Crippen LogP contribution is -1.47. The van der Waals surface area contributed by atoms with Crippen LogP contribution in [0.5, 0.6) is 0 Å². The number of rotatable bonds is 0. The summed E-state index contributed by atoms with van der Waals surface area (Å²) in [5.41, 5.74) is 0. The molecule has 0 amide bonds. The van der Waals surface area contributed by atoms with Crippen LogP contribution in [0.15, 0.2) is 5.38 Å². The van der Waals surface area contributed by atoms with Crippen molar-refractivity contribution in [2.24, 2.45) is 0 Å². The average Bonchev–Trinajstić information content (AvgIpc) is 1.86. The van der Waals surface area contributed by atoms with Crippen LogP contribution in [0.1, 0.15) is 0 Å². The quantitative estimate of drug-likeness (QED) is 0.504. The molecule has 1 nitrogen and oxygen atoms in total. The van der Waals surface area contributed by atoms with Crippen molar-refractivity contribution in [3.8, 4) is 0 Å². The third-order valence-electron chi connectivity index (χ3n) is 0.364. The van der Waals surface area contributed by atoms with Crippen LogP contribution in [0.2, 0.25) is 5.15 Å². The first-order valence-corrected chi connectivity index (χ1v) is 2.58. The normalized spacial score (nSPS) is 8.83. The molecule has 0 saturated heterocycles. The topological polar surface area (TPSA) is 12.9 Å². The van der Waals surface area contributed by atoms with Gasteiger partial charge < -0.3 is 0 Å². The highest BCUT2D eigenvalue weighted by molar-refractivity contribution is 7.03. The number of hydrogen-bond donors (Lipinski definition) is 0. The molecule has 0 atom stereocenters. The van der Waals surface area contributed by atoms with E-state index >= 15 is 0 Å². The predicted octanol–water partition coefficient (Wildman–Crippen LogP) is 1.60. The minimum atomic E-state index is 0.458. The highest BCUT2D eigenvalue weighted by Crippen LogP contribution is 2.03. The van der Waals surface area contributed by atoms with Gasteiger partial charge in [-0.1, -0.05) is 11.6 Å². The summed E-state index contributed by atoms with van der Waals surface area (Å²) >= 11 is 6.60. The Morgan fingerprint density at radius 1 is 2.00 bits per heavy atom. The summed E-state index contributed by atoms with van der Waals surface area (Å²) in [6, 6.07) is 2.67. The Kier molecular flexibility index (Phi) is 1.08. The Labute approximate surface area is 44.7 Å². The predicted molar refractivity (Wildman–Crippen MR) is 26.0 cm³/mol. The second kappa shape index (κ2) is 1.58. The van der Waals surface area contributed by atoms with Crippen LogP contribution in [0, 0.1) is 6.07 Å². The van der Waals surface area contributed by atoms with Gasteiger partial charge >= 0.3 is 0 Å². The molecule has 0 aromatic carbocycles. The van der Waals surface area contributed by atoms with E-state index in [2.05, 4.69) is 10.4 Å². The molecule has 0 spiro atoms. The van der Waals surface area contributed by atoms with Gasteiger partial charge in [0.25, 0.3) is 0 Å². The van der Waals surface area contributed by atoms with Crippen LogP contribution in [0.3, 0.4) is 0 Å². The highest BCUT2D eigenvalue weighted by Gasteiger charge is 1.80. The Hall–Kier alpha value is -0.0800.